The largest absolute Gasteiger partial charge is 0.339 e. The van der Waals surface area contributed by atoms with Gasteiger partial charge in [-0.3, -0.25) is 0 Å². The molecule has 1 fully saturated rings. The van der Waals surface area contributed by atoms with Crippen LogP contribution in [0.4, 0.5) is 0 Å². The van der Waals surface area contributed by atoms with Crippen molar-refractivity contribution in [1.82, 2.24) is 10.1 Å². The predicted octanol–water partition coefficient (Wildman–Crippen LogP) is 3.21. The van der Waals surface area contributed by atoms with Crippen LogP contribution in [-0.2, 0) is 0 Å². The molecule has 1 aromatic heterocycles. The van der Waals surface area contributed by atoms with Crippen molar-refractivity contribution in [3.8, 4) is 0 Å². The molecule has 1 aliphatic heterocycles. The van der Waals surface area contributed by atoms with Crippen LogP contribution in [-0.4, -0.2) is 32.4 Å². The third-order valence-corrected chi connectivity index (χ3v) is 7.19. The second-order valence-electron chi connectivity index (χ2n) is 5.22. The van der Waals surface area contributed by atoms with Crippen LogP contribution in [0.15, 0.2) is 4.52 Å². The Labute approximate surface area is 123 Å². The summed E-state index contributed by atoms with van der Waals surface area (Å²) in [6, 6.07) is 0.0839. The molecule has 0 saturated carbocycles. The van der Waals surface area contributed by atoms with Crippen molar-refractivity contribution < 1.29 is 4.52 Å². The molecule has 4 nitrogen and oxygen atoms in total. The fourth-order valence-electron chi connectivity index (χ4n) is 2.02. The van der Waals surface area contributed by atoms with E-state index in [4.69, 9.17) is 10.3 Å². The van der Waals surface area contributed by atoms with Gasteiger partial charge in [-0.05, 0) is 6.42 Å². The van der Waals surface area contributed by atoms with E-state index in [0.717, 1.165) is 18.0 Å². The van der Waals surface area contributed by atoms with Gasteiger partial charge in [0, 0.05) is 22.3 Å². The van der Waals surface area contributed by atoms with Gasteiger partial charge in [-0.1, -0.05) is 32.9 Å². The van der Waals surface area contributed by atoms with Gasteiger partial charge in [0.05, 0.1) is 11.2 Å². The lowest BCUT2D eigenvalue weighted by molar-refractivity contribution is 0.337. The summed E-state index contributed by atoms with van der Waals surface area (Å²) in [7, 11) is 0. The van der Waals surface area contributed by atoms with Crippen molar-refractivity contribution in [2.75, 3.05) is 5.75 Å². The predicted molar refractivity (Wildman–Crippen MR) is 82.7 cm³/mol. The lowest BCUT2D eigenvalue weighted by atomic mass is 10.0. The molecule has 108 valence electrons. The normalized spacial score (nSPS) is 31.1. The van der Waals surface area contributed by atoms with Gasteiger partial charge < -0.3 is 10.3 Å². The number of hydrogen-bond acceptors (Lipinski definition) is 6. The molecular weight excluding hydrogens is 278 g/mol. The molecular formula is C13H23N3OS2. The van der Waals surface area contributed by atoms with E-state index in [1.807, 2.05) is 23.5 Å². The first kappa shape index (κ1) is 15.2. The highest BCUT2D eigenvalue weighted by atomic mass is 32.2. The summed E-state index contributed by atoms with van der Waals surface area (Å²) in [5.74, 6) is 2.70. The molecule has 6 heteroatoms. The van der Waals surface area contributed by atoms with Gasteiger partial charge in [-0.15, -0.1) is 11.8 Å². The van der Waals surface area contributed by atoms with Crippen molar-refractivity contribution in [3.63, 3.8) is 0 Å². The SMILES string of the molecule is CCC(N)C(C)c1nc(C2CSC(C)C(C)S2)no1. The Morgan fingerprint density at radius 1 is 1.42 bits per heavy atom. The summed E-state index contributed by atoms with van der Waals surface area (Å²) in [6.45, 7) is 8.68. The van der Waals surface area contributed by atoms with E-state index in [-0.39, 0.29) is 12.0 Å². The van der Waals surface area contributed by atoms with Gasteiger partial charge in [-0.2, -0.15) is 16.7 Å². The molecule has 5 unspecified atom stereocenters. The molecule has 0 amide bonds. The van der Waals surface area contributed by atoms with Crippen LogP contribution in [0.2, 0.25) is 0 Å². The Hall–Kier alpha value is -0.200. The van der Waals surface area contributed by atoms with Gasteiger partial charge in [0.1, 0.15) is 0 Å². The zero-order chi connectivity index (χ0) is 14.0. The van der Waals surface area contributed by atoms with Crippen LogP contribution in [0, 0.1) is 0 Å². The van der Waals surface area contributed by atoms with Crippen molar-refractivity contribution in [3.05, 3.63) is 11.7 Å². The van der Waals surface area contributed by atoms with Gasteiger partial charge in [-0.25, -0.2) is 0 Å². The third kappa shape index (κ3) is 3.47. The van der Waals surface area contributed by atoms with E-state index in [1.54, 1.807) is 0 Å². The summed E-state index contributed by atoms with van der Waals surface area (Å²) in [6.07, 6.45) is 0.918. The minimum Gasteiger partial charge on any atom is -0.339 e. The van der Waals surface area contributed by atoms with Gasteiger partial charge >= 0.3 is 0 Å². The van der Waals surface area contributed by atoms with Crippen molar-refractivity contribution in [2.45, 2.75) is 61.8 Å². The number of rotatable bonds is 4. The van der Waals surface area contributed by atoms with E-state index in [2.05, 4.69) is 37.8 Å². The van der Waals surface area contributed by atoms with Crippen molar-refractivity contribution in [1.29, 1.82) is 0 Å². The average molecular weight is 301 g/mol. The first-order valence-corrected chi connectivity index (χ1v) is 8.88. The van der Waals surface area contributed by atoms with Crippen LogP contribution in [0.1, 0.15) is 57.0 Å². The first-order valence-electron chi connectivity index (χ1n) is 6.89. The Balaban J connectivity index is 2.05. The molecule has 2 N–H and O–H groups in total. The highest BCUT2D eigenvalue weighted by Gasteiger charge is 2.30. The fraction of sp³-hybridized carbons (Fsp3) is 0.846. The molecule has 19 heavy (non-hydrogen) atoms. The smallest absolute Gasteiger partial charge is 0.231 e. The Morgan fingerprint density at radius 3 is 2.79 bits per heavy atom. The summed E-state index contributed by atoms with van der Waals surface area (Å²) in [4.78, 5) is 4.57. The van der Waals surface area contributed by atoms with Crippen LogP contribution in [0.5, 0.6) is 0 Å². The van der Waals surface area contributed by atoms with Crippen LogP contribution >= 0.6 is 23.5 Å². The molecule has 0 aliphatic carbocycles. The third-order valence-electron chi connectivity index (χ3n) is 3.80. The van der Waals surface area contributed by atoms with Crippen molar-refractivity contribution in [2.24, 2.45) is 5.73 Å². The molecule has 0 bridgehead atoms. The highest BCUT2D eigenvalue weighted by molar-refractivity contribution is 8.07. The molecule has 1 aromatic rings. The number of aromatic nitrogens is 2. The maximum atomic E-state index is 6.04. The standard InChI is InChI=1S/C13H23N3OS2/c1-5-10(14)7(2)13-15-12(16-17-13)11-6-18-8(3)9(4)19-11/h7-11H,5-6,14H2,1-4H3. The quantitative estimate of drug-likeness (QED) is 0.921. The minimum absolute atomic E-state index is 0.0839. The molecule has 0 spiro atoms. The molecule has 5 atom stereocenters. The lowest BCUT2D eigenvalue weighted by Crippen LogP contribution is -2.26. The van der Waals surface area contributed by atoms with Gasteiger partial charge in [0.15, 0.2) is 5.82 Å². The van der Waals surface area contributed by atoms with E-state index >= 15 is 0 Å². The maximum absolute atomic E-state index is 6.04. The molecule has 1 saturated heterocycles. The first-order chi connectivity index (χ1) is 9.02. The lowest BCUT2D eigenvalue weighted by Gasteiger charge is -2.29. The van der Waals surface area contributed by atoms with E-state index in [9.17, 15) is 0 Å². The second kappa shape index (κ2) is 6.50. The van der Waals surface area contributed by atoms with Gasteiger partial charge in [0.2, 0.25) is 5.89 Å². The fourth-order valence-corrected chi connectivity index (χ4v) is 4.85. The maximum Gasteiger partial charge on any atom is 0.231 e. The summed E-state index contributed by atoms with van der Waals surface area (Å²) < 4.78 is 5.40. The number of nitrogens with two attached hydrogens (primary N) is 1. The Bertz CT molecular complexity index is 412. The zero-order valence-electron chi connectivity index (χ0n) is 12.0. The summed E-state index contributed by atoms with van der Waals surface area (Å²) in [5, 5.41) is 5.83. The van der Waals surface area contributed by atoms with Crippen LogP contribution < -0.4 is 5.73 Å². The molecule has 2 heterocycles. The zero-order valence-corrected chi connectivity index (χ0v) is 13.6. The van der Waals surface area contributed by atoms with Gasteiger partial charge in [0.25, 0.3) is 0 Å². The number of hydrogen-bond donors (Lipinski definition) is 1. The number of thioether (sulfide) groups is 2. The monoisotopic (exact) mass is 301 g/mol. The highest BCUT2D eigenvalue weighted by Crippen LogP contribution is 2.43. The molecule has 2 rings (SSSR count). The van der Waals surface area contributed by atoms with E-state index in [0.29, 0.717) is 21.6 Å². The summed E-state index contributed by atoms with van der Waals surface area (Å²) in [5.41, 5.74) is 6.04. The average Bonchev–Trinajstić information content (AvgIpc) is 2.89. The summed E-state index contributed by atoms with van der Waals surface area (Å²) >= 11 is 3.94. The van der Waals surface area contributed by atoms with E-state index in [1.165, 1.54) is 0 Å². The second-order valence-corrected chi connectivity index (χ2v) is 8.21. The molecule has 1 aliphatic rings. The minimum atomic E-state index is 0.0839. The Morgan fingerprint density at radius 2 is 2.16 bits per heavy atom. The topological polar surface area (TPSA) is 64.9 Å². The number of nitrogens with zero attached hydrogens (tertiary/aromatic N) is 2. The van der Waals surface area contributed by atoms with Crippen LogP contribution in [0.25, 0.3) is 0 Å². The van der Waals surface area contributed by atoms with Crippen LogP contribution in [0.3, 0.4) is 0 Å². The molecule has 0 aromatic carbocycles. The van der Waals surface area contributed by atoms with Crippen molar-refractivity contribution >= 4 is 23.5 Å². The molecule has 0 radical (unpaired) electrons. The Kier molecular flexibility index (Phi) is 5.20. The van der Waals surface area contributed by atoms with E-state index < -0.39 is 0 Å².